The van der Waals surface area contributed by atoms with Gasteiger partial charge in [-0.25, -0.2) is 0 Å². The molecule has 1 heterocycles. The molecule has 0 bridgehead atoms. The Morgan fingerprint density at radius 2 is 2.12 bits per heavy atom. The van der Waals surface area contributed by atoms with E-state index in [-0.39, 0.29) is 0 Å². The third-order valence-corrected chi connectivity index (χ3v) is 3.24. The molecule has 1 atom stereocenters. The molecule has 1 aliphatic carbocycles. The number of rotatable bonds is 6. The van der Waals surface area contributed by atoms with Crippen LogP contribution in [0.1, 0.15) is 51.3 Å². The lowest BCUT2D eigenvalue weighted by Gasteiger charge is -1.99. The number of nitrogens with zero attached hydrogens (tertiary/aromatic N) is 2. The molecule has 1 unspecified atom stereocenters. The zero-order chi connectivity index (χ0) is 11.6. The van der Waals surface area contributed by atoms with Crippen LogP contribution in [-0.4, -0.2) is 23.3 Å². The standard InChI is InChI=1S/C12H21N3O/c1-4-6-13-7-5-10-14-15-11(16-10)9-8-12(9,2)3/h9,13H,4-8H2,1-3H3. The van der Waals surface area contributed by atoms with Crippen LogP contribution in [0, 0.1) is 5.41 Å². The van der Waals surface area contributed by atoms with E-state index >= 15 is 0 Å². The zero-order valence-corrected chi connectivity index (χ0v) is 10.4. The lowest BCUT2D eigenvalue weighted by Crippen LogP contribution is -2.17. The topological polar surface area (TPSA) is 51.0 Å². The van der Waals surface area contributed by atoms with Gasteiger partial charge in [-0.05, 0) is 24.8 Å². The first-order chi connectivity index (χ1) is 7.63. The summed E-state index contributed by atoms with van der Waals surface area (Å²) in [5.74, 6) is 2.08. The SMILES string of the molecule is CCCNCCc1nnc(C2CC2(C)C)o1. The monoisotopic (exact) mass is 223 g/mol. The van der Waals surface area contributed by atoms with E-state index in [1.165, 1.54) is 6.42 Å². The molecule has 16 heavy (non-hydrogen) atoms. The van der Waals surface area contributed by atoms with Gasteiger partial charge in [-0.15, -0.1) is 10.2 Å². The summed E-state index contributed by atoms with van der Waals surface area (Å²) in [5, 5.41) is 11.5. The second kappa shape index (κ2) is 4.53. The predicted molar refractivity (Wildman–Crippen MR) is 62.3 cm³/mol. The van der Waals surface area contributed by atoms with E-state index in [1.54, 1.807) is 0 Å². The van der Waals surface area contributed by atoms with Crippen LogP contribution in [0.25, 0.3) is 0 Å². The Hall–Kier alpha value is -0.900. The first-order valence-electron chi connectivity index (χ1n) is 6.16. The fourth-order valence-corrected chi connectivity index (χ4v) is 1.89. The van der Waals surface area contributed by atoms with Crippen LogP contribution in [0.3, 0.4) is 0 Å². The Morgan fingerprint density at radius 1 is 1.38 bits per heavy atom. The predicted octanol–water partition coefficient (Wildman–Crippen LogP) is 2.13. The van der Waals surface area contributed by atoms with Crippen LogP contribution < -0.4 is 5.32 Å². The van der Waals surface area contributed by atoms with E-state index in [9.17, 15) is 0 Å². The van der Waals surface area contributed by atoms with Crippen molar-refractivity contribution in [2.24, 2.45) is 5.41 Å². The van der Waals surface area contributed by atoms with Crippen LogP contribution in [0.5, 0.6) is 0 Å². The summed E-state index contributed by atoms with van der Waals surface area (Å²) in [4.78, 5) is 0. The molecule has 4 nitrogen and oxygen atoms in total. The summed E-state index contributed by atoms with van der Waals surface area (Å²) in [6, 6.07) is 0. The highest BCUT2D eigenvalue weighted by atomic mass is 16.4. The van der Waals surface area contributed by atoms with E-state index in [1.807, 2.05) is 0 Å². The van der Waals surface area contributed by atoms with Gasteiger partial charge in [0.1, 0.15) is 0 Å². The van der Waals surface area contributed by atoms with Crippen molar-refractivity contribution >= 4 is 0 Å². The van der Waals surface area contributed by atoms with Crippen molar-refractivity contribution in [2.45, 2.75) is 46.0 Å². The van der Waals surface area contributed by atoms with Gasteiger partial charge in [0.15, 0.2) is 0 Å². The van der Waals surface area contributed by atoms with E-state index in [0.717, 1.165) is 37.7 Å². The molecule has 1 aromatic rings. The van der Waals surface area contributed by atoms with E-state index in [4.69, 9.17) is 4.42 Å². The Bertz CT molecular complexity index is 346. The molecule has 0 aliphatic heterocycles. The van der Waals surface area contributed by atoms with Gasteiger partial charge in [-0.3, -0.25) is 0 Å². The van der Waals surface area contributed by atoms with Crippen LogP contribution in [-0.2, 0) is 6.42 Å². The summed E-state index contributed by atoms with van der Waals surface area (Å²) in [5.41, 5.74) is 0.365. The Kier molecular flexibility index (Phi) is 3.28. The molecule has 1 fully saturated rings. The number of aromatic nitrogens is 2. The third kappa shape index (κ3) is 2.61. The molecule has 1 N–H and O–H groups in total. The molecule has 0 saturated heterocycles. The molecule has 1 aliphatic rings. The molecular formula is C12H21N3O. The highest BCUT2D eigenvalue weighted by molar-refractivity contribution is 5.12. The second-order valence-electron chi connectivity index (χ2n) is 5.28. The number of nitrogens with one attached hydrogen (secondary N) is 1. The second-order valence-corrected chi connectivity index (χ2v) is 5.28. The molecule has 0 spiro atoms. The lowest BCUT2D eigenvalue weighted by atomic mass is 10.1. The highest BCUT2D eigenvalue weighted by Crippen LogP contribution is 2.58. The van der Waals surface area contributed by atoms with Crippen LogP contribution in [0.15, 0.2) is 4.42 Å². The van der Waals surface area contributed by atoms with Crippen molar-refractivity contribution in [3.8, 4) is 0 Å². The van der Waals surface area contributed by atoms with Crippen molar-refractivity contribution in [1.29, 1.82) is 0 Å². The van der Waals surface area contributed by atoms with Gasteiger partial charge in [0.25, 0.3) is 0 Å². The van der Waals surface area contributed by atoms with Gasteiger partial charge < -0.3 is 9.73 Å². The minimum absolute atomic E-state index is 0.365. The minimum Gasteiger partial charge on any atom is -0.425 e. The van der Waals surface area contributed by atoms with E-state index in [0.29, 0.717) is 11.3 Å². The van der Waals surface area contributed by atoms with Gasteiger partial charge in [0.05, 0.1) is 0 Å². The van der Waals surface area contributed by atoms with Gasteiger partial charge in [-0.1, -0.05) is 20.8 Å². The molecule has 2 rings (SSSR count). The number of hydrogen-bond acceptors (Lipinski definition) is 4. The average molecular weight is 223 g/mol. The summed E-state index contributed by atoms with van der Waals surface area (Å²) in [6.45, 7) is 8.61. The van der Waals surface area contributed by atoms with Crippen LogP contribution in [0.4, 0.5) is 0 Å². The molecule has 90 valence electrons. The van der Waals surface area contributed by atoms with Crippen molar-refractivity contribution in [2.75, 3.05) is 13.1 Å². The Balaban J connectivity index is 1.79. The maximum absolute atomic E-state index is 5.66. The lowest BCUT2D eigenvalue weighted by molar-refractivity contribution is 0.428. The summed E-state index contributed by atoms with van der Waals surface area (Å²) < 4.78 is 5.66. The highest BCUT2D eigenvalue weighted by Gasteiger charge is 2.50. The summed E-state index contributed by atoms with van der Waals surface area (Å²) >= 11 is 0. The minimum atomic E-state index is 0.365. The molecular weight excluding hydrogens is 202 g/mol. The van der Waals surface area contributed by atoms with Gasteiger partial charge in [0.2, 0.25) is 11.8 Å². The Labute approximate surface area is 96.8 Å². The average Bonchev–Trinajstić information content (AvgIpc) is 2.70. The fourth-order valence-electron chi connectivity index (χ4n) is 1.89. The van der Waals surface area contributed by atoms with Gasteiger partial charge >= 0.3 is 0 Å². The fraction of sp³-hybridized carbons (Fsp3) is 0.833. The molecule has 1 aromatic heterocycles. The molecule has 4 heteroatoms. The number of hydrogen-bond donors (Lipinski definition) is 1. The summed E-state index contributed by atoms with van der Waals surface area (Å²) in [7, 11) is 0. The molecule has 0 radical (unpaired) electrons. The maximum atomic E-state index is 5.66. The Morgan fingerprint density at radius 3 is 2.75 bits per heavy atom. The summed E-state index contributed by atoms with van der Waals surface area (Å²) in [6.07, 6.45) is 3.16. The van der Waals surface area contributed by atoms with Crippen molar-refractivity contribution in [1.82, 2.24) is 15.5 Å². The largest absolute Gasteiger partial charge is 0.425 e. The normalized spacial score (nSPS) is 22.3. The molecule has 1 saturated carbocycles. The van der Waals surface area contributed by atoms with Crippen molar-refractivity contribution in [3.63, 3.8) is 0 Å². The van der Waals surface area contributed by atoms with Crippen LogP contribution in [0.2, 0.25) is 0 Å². The smallest absolute Gasteiger partial charge is 0.220 e. The zero-order valence-electron chi connectivity index (χ0n) is 10.4. The van der Waals surface area contributed by atoms with Crippen molar-refractivity contribution < 1.29 is 4.42 Å². The first-order valence-corrected chi connectivity index (χ1v) is 6.16. The third-order valence-electron chi connectivity index (χ3n) is 3.24. The van der Waals surface area contributed by atoms with E-state index < -0.39 is 0 Å². The molecule has 0 aromatic carbocycles. The molecule has 0 amide bonds. The van der Waals surface area contributed by atoms with Gasteiger partial charge in [-0.2, -0.15) is 0 Å². The quantitative estimate of drug-likeness (QED) is 0.751. The maximum Gasteiger partial charge on any atom is 0.220 e. The van der Waals surface area contributed by atoms with E-state index in [2.05, 4.69) is 36.3 Å². The van der Waals surface area contributed by atoms with Gasteiger partial charge in [0, 0.05) is 18.9 Å². The van der Waals surface area contributed by atoms with Crippen LogP contribution >= 0.6 is 0 Å². The first kappa shape index (κ1) is 11.6. The van der Waals surface area contributed by atoms with Crippen molar-refractivity contribution in [3.05, 3.63) is 11.8 Å².